The molecule has 0 unspecified atom stereocenters. The van der Waals surface area contributed by atoms with Crippen LogP contribution in [0, 0.1) is 13.8 Å². The van der Waals surface area contributed by atoms with Gasteiger partial charge in [0, 0.05) is 47.5 Å². The maximum Gasteiger partial charge on any atom is 0.514 e. The minimum atomic E-state index is -4.03. The molecule has 292 valence electrons. The van der Waals surface area contributed by atoms with Crippen molar-refractivity contribution in [3.63, 3.8) is 0 Å². The molecular formula is C45H61N2O6S+. The minimum absolute atomic E-state index is 0.204. The van der Waals surface area contributed by atoms with Gasteiger partial charge in [-0.2, -0.15) is 13.0 Å². The molecule has 54 heavy (non-hydrogen) atoms. The van der Waals surface area contributed by atoms with Crippen molar-refractivity contribution < 1.29 is 31.8 Å². The zero-order chi connectivity index (χ0) is 39.6. The fourth-order valence-electron chi connectivity index (χ4n) is 8.00. The Hall–Kier alpha value is -3.95. The predicted molar refractivity (Wildman–Crippen MR) is 220 cm³/mol. The molecule has 0 fully saturated rings. The summed E-state index contributed by atoms with van der Waals surface area (Å²) >= 11 is 0. The Labute approximate surface area is 324 Å². The highest BCUT2D eigenvalue weighted by atomic mass is 32.2. The Balaban J connectivity index is 1.56. The number of hydrogen-bond donors (Lipinski definition) is 1. The van der Waals surface area contributed by atoms with E-state index in [4.69, 9.17) is 9.47 Å². The van der Waals surface area contributed by atoms with Crippen LogP contribution in [0.25, 0.3) is 0 Å². The van der Waals surface area contributed by atoms with Crippen LogP contribution in [0.5, 0.6) is 0 Å². The Bertz CT molecular complexity index is 2040. The van der Waals surface area contributed by atoms with Gasteiger partial charge in [0.05, 0.1) is 11.2 Å². The van der Waals surface area contributed by atoms with Crippen LogP contribution >= 0.6 is 0 Å². The molecule has 0 atom stereocenters. The zero-order valence-corrected chi connectivity index (χ0v) is 35.0. The number of allylic oxidation sites excluding steroid dienone is 7. The van der Waals surface area contributed by atoms with E-state index in [0.29, 0.717) is 38.0 Å². The second kappa shape index (κ2) is 16.0. The lowest BCUT2D eigenvalue weighted by Gasteiger charge is -2.27. The lowest BCUT2D eigenvalue weighted by molar-refractivity contribution is -0.438. The lowest BCUT2D eigenvalue weighted by Crippen LogP contribution is -2.28. The van der Waals surface area contributed by atoms with Gasteiger partial charge in [-0.3, -0.25) is 4.55 Å². The molecule has 0 aromatic heterocycles. The normalized spacial score (nSPS) is 19.4. The van der Waals surface area contributed by atoms with Gasteiger partial charge in [0.15, 0.2) is 5.71 Å². The fourth-order valence-corrected chi connectivity index (χ4v) is 8.57. The van der Waals surface area contributed by atoms with E-state index in [9.17, 15) is 17.8 Å². The monoisotopic (exact) mass is 757 g/mol. The van der Waals surface area contributed by atoms with Crippen molar-refractivity contribution in [2.45, 2.75) is 131 Å². The van der Waals surface area contributed by atoms with E-state index in [1.165, 1.54) is 40.1 Å². The van der Waals surface area contributed by atoms with Gasteiger partial charge < -0.3 is 14.4 Å². The number of anilines is 1. The summed E-state index contributed by atoms with van der Waals surface area (Å²) in [5.74, 6) is 0.266. The van der Waals surface area contributed by atoms with E-state index in [2.05, 4.69) is 119 Å². The van der Waals surface area contributed by atoms with Gasteiger partial charge in [-0.25, -0.2) is 4.79 Å². The standard InChI is InChI=1S/C45H60N2O6S/c1-11-12-13-26-46-37-22-16-31(2)29-35(37)44(7,8)39(46)24-20-33-18-19-34(41(33)52-42(48)53-43(4,5)6)21-25-40-45(9,10)36-30-32(3)17-23-38(36)47(40)27-14-15-28-54(49,50)51/h16-17,20-25,29-30H,11-15,18-19,26-28H2,1-10H3/p+1. The molecule has 1 aliphatic carbocycles. The van der Waals surface area contributed by atoms with Crippen molar-refractivity contribution in [3.8, 4) is 0 Å². The van der Waals surface area contributed by atoms with Gasteiger partial charge in [0.25, 0.3) is 10.1 Å². The molecule has 1 N–H and O–H groups in total. The SMILES string of the molecule is CCCCC[N+]1=C(/C=C/C2=C(OC(=O)OC(C)(C)C)C(=C/C=C3/N(CCCCS(=O)(=O)O)c4ccc(C)cc4C3(C)C)/CC2)C(C)(C)c2cc(C)ccc21. The summed E-state index contributed by atoms with van der Waals surface area (Å²) in [7, 11) is -4.03. The number of nitrogens with zero attached hydrogens (tertiary/aromatic N) is 2. The van der Waals surface area contributed by atoms with E-state index < -0.39 is 21.9 Å². The first-order valence-electron chi connectivity index (χ1n) is 19.6. The maximum atomic E-state index is 13.2. The molecule has 0 saturated heterocycles. The number of carbonyl (C=O) groups is 1. The first kappa shape index (κ1) is 41.2. The number of ether oxygens (including phenoxy) is 2. The van der Waals surface area contributed by atoms with Crippen molar-refractivity contribution in [2.75, 3.05) is 23.7 Å². The molecule has 9 heteroatoms. The number of carbonyl (C=O) groups excluding carboxylic acids is 1. The van der Waals surface area contributed by atoms with Crippen molar-refractivity contribution in [1.29, 1.82) is 0 Å². The fraction of sp³-hybridized carbons (Fsp3) is 0.511. The summed E-state index contributed by atoms with van der Waals surface area (Å²) in [6.07, 6.45) is 13.6. The van der Waals surface area contributed by atoms with Gasteiger partial charge in [-0.1, -0.05) is 62.6 Å². The highest BCUT2D eigenvalue weighted by Gasteiger charge is 2.44. The molecule has 0 radical (unpaired) electrons. The van der Waals surface area contributed by atoms with Gasteiger partial charge in [-0.15, -0.1) is 0 Å². The summed E-state index contributed by atoms with van der Waals surface area (Å²) in [5.41, 5.74) is 10.2. The number of rotatable bonds is 13. The van der Waals surface area contributed by atoms with Crippen molar-refractivity contribution in [2.24, 2.45) is 0 Å². The van der Waals surface area contributed by atoms with Crippen LogP contribution in [-0.2, 0) is 30.4 Å². The zero-order valence-electron chi connectivity index (χ0n) is 34.1. The molecular weight excluding hydrogens is 697 g/mol. The summed E-state index contributed by atoms with van der Waals surface area (Å²) in [5, 5.41) is 0. The van der Waals surface area contributed by atoms with E-state index in [1.54, 1.807) is 0 Å². The Morgan fingerprint density at radius 3 is 2.26 bits per heavy atom. The van der Waals surface area contributed by atoms with Crippen LogP contribution in [0.1, 0.15) is 123 Å². The number of hydrogen-bond acceptors (Lipinski definition) is 6. The van der Waals surface area contributed by atoms with Crippen molar-refractivity contribution >= 4 is 33.4 Å². The van der Waals surface area contributed by atoms with Crippen LogP contribution in [0.4, 0.5) is 16.2 Å². The Morgan fingerprint density at radius 2 is 1.59 bits per heavy atom. The van der Waals surface area contributed by atoms with E-state index >= 15 is 0 Å². The first-order chi connectivity index (χ1) is 25.2. The van der Waals surface area contributed by atoms with E-state index in [1.807, 2.05) is 20.8 Å². The number of benzene rings is 2. The van der Waals surface area contributed by atoms with Gasteiger partial charge in [0.1, 0.15) is 17.9 Å². The topological polar surface area (TPSA) is 96.2 Å². The summed E-state index contributed by atoms with van der Waals surface area (Å²) < 4.78 is 46.4. The molecule has 3 aliphatic rings. The van der Waals surface area contributed by atoms with Crippen LogP contribution < -0.4 is 4.90 Å². The minimum Gasteiger partial charge on any atom is -0.428 e. The first-order valence-corrected chi connectivity index (χ1v) is 21.2. The van der Waals surface area contributed by atoms with Crippen molar-refractivity contribution in [1.82, 2.24) is 0 Å². The third-order valence-corrected chi connectivity index (χ3v) is 11.6. The van der Waals surface area contributed by atoms with Crippen LogP contribution in [0.2, 0.25) is 0 Å². The highest BCUT2D eigenvalue weighted by Crippen LogP contribution is 2.49. The predicted octanol–water partition coefficient (Wildman–Crippen LogP) is 10.7. The Kier molecular flexibility index (Phi) is 12.2. The van der Waals surface area contributed by atoms with E-state index in [-0.39, 0.29) is 16.6 Å². The molecule has 2 aliphatic heterocycles. The van der Waals surface area contributed by atoms with Crippen LogP contribution in [0.3, 0.4) is 0 Å². The second-order valence-corrected chi connectivity index (χ2v) is 18.8. The molecule has 0 spiro atoms. The summed E-state index contributed by atoms with van der Waals surface area (Å²) in [4.78, 5) is 15.5. The maximum absolute atomic E-state index is 13.2. The highest BCUT2D eigenvalue weighted by molar-refractivity contribution is 7.85. The summed E-state index contributed by atoms with van der Waals surface area (Å²) in [6.45, 7) is 22.5. The molecule has 0 amide bonds. The molecule has 0 bridgehead atoms. The van der Waals surface area contributed by atoms with Gasteiger partial charge in [-0.05, 0) is 122 Å². The third-order valence-electron chi connectivity index (χ3n) is 10.8. The average molecular weight is 758 g/mol. The molecule has 0 saturated carbocycles. The van der Waals surface area contributed by atoms with E-state index in [0.717, 1.165) is 41.9 Å². The third kappa shape index (κ3) is 9.28. The smallest absolute Gasteiger partial charge is 0.428 e. The molecule has 2 aromatic rings. The van der Waals surface area contributed by atoms with Gasteiger partial charge >= 0.3 is 6.16 Å². The molecule has 2 heterocycles. The second-order valence-electron chi connectivity index (χ2n) is 17.2. The average Bonchev–Trinajstić information content (AvgIpc) is 3.60. The van der Waals surface area contributed by atoms with Crippen LogP contribution in [0.15, 0.2) is 83.3 Å². The number of aryl methyl sites for hydroxylation is 2. The lowest BCUT2D eigenvalue weighted by atomic mass is 9.80. The molecule has 8 nitrogen and oxygen atoms in total. The number of unbranched alkanes of at least 4 members (excludes halogenated alkanes) is 3. The number of fused-ring (bicyclic) bond motifs is 2. The Morgan fingerprint density at radius 1 is 0.907 bits per heavy atom. The van der Waals surface area contributed by atoms with Crippen LogP contribution in [-0.4, -0.2) is 53.9 Å². The summed E-state index contributed by atoms with van der Waals surface area (Å²) in [6, 6.07) is 13.2. The van der Waals surface area contributed by atoms with Gasteiger partial charge in [0.2, 0.25) is 5.69 Å². The molecule has 5 rings (SSSR count). The largest absolute Gasteiger partial charge is 0.514 e. The van der Waals surface area contributed by atoms with Crippen molar-refractivity contribution in [3.05, 3.63) is 106 Å². The molecule has 2 aromatic carbocycles. The quantitative estimate of drug-likeness (QED) is 0.0940.